The first kappa shape index (κ1) is 17.8. The minimum atomic E-state index is -0.196. The maximum absolute atomic E-state index is 11.9. The topological polar surface area (TPSA) is 84.7 Å². The zero-order valence-corrected chi connectivity index (χ0v) is 13.5. The molecule has 1 aromatic carbocycles. The Balaban J connectivity index is 2.67. The van der Waals surface area contributed by atoms with Gasteiger partial charge in [0, 0.05) is 25.7 Å². The Hall–Kier alpha value is -2.24. The number of carbonyl (C=O) groups is 2. The van der Waals surface area contributed by atoms with Gasteiger partial charge >= 0.3 is 0 Å². The number of nitrogens with two attached hydrogens (primary N) is 1. The highest BCUT2D eigenvalue weighted by atomic mass is 16.5. The number of rotatable bonds is 8. The largest absolute Gasteiger partial charge is 0.482 e. The van der Waals surface area contributed by atoms with Crippen LogP contribution in [0.3, 0.4) is 0 Å². The van der Waals surface area contributed by atoms with Gasteiger partial charge in [-0.25, -0.2) is 0 Å². The lowest BCUT2D eigenvalue weighted by Gasteiger charge is -2.17. The van der Waals surface area contributed by atoms with Gasteiger partial charge in [-0.05, 0) is 31.5 Å². The van der Waals surface area contributed by atoms with Gasteiger partial charge in [0.2, 0.25) is 0 Å². The summed E-state index contributed by atoms with van der Waals surface area (Å²) in [6.45, 7) is 5.07. The van der Waals surface area contributed by atoms with Crippen LogP contribution < -0.4 is 15.8 Å². The van der Waals surface area contributed by atoms with Crippen molar-refractivity contribution in [3.8, 4) is 5.75 Å². The van der Waals surface area contributed by atoms with Crippen molar-refractivity contribution in [1.82, 2.24) is 10.2 Å². The van der Waals surface area contributed by atoms with Crippen molar-refractivity contribution in [2.45, 2.75) is 26.7 Å². The van der Waals surface area contributed by atoms with Crippen LogP contribution in [0.4, 0.5) is 5.69 Å². The minimum absolute atomic E-state index is 0.0940. The molecule has 0 radical (unpaired) electrons. The number of nitrogens with one attached hydrogen (secondary N) is 1. The summed E-state index contributed by atoms with van der Waals surface area (Å²) in [5.41, 5.74) is 6.68. The maximum Gasteiger partial charge on any atom is 0.260 e. The number of nitrogens with zero attached hydrogens (tertiary/aromatic N) is 1. The van der Waals surface area contributed by atoms with Crippen molar-refractivity contribution < 1.29 is 14.3 Å². The van der Waals surface area contributed by atoms with Gasteiger partial charge in [0.05, 0.1) is 5.69 Å². The molecular formula is C16H25N3O3. The molecule has 0 saturated carbocycles. The van der Waals surface area contributed by atoms with Crippen molar-refractivity contribution in [2.24, 2.45) is 0 Å². The summed E-state index contributed by atoms with van der Waals surface area (Å²) in [7, 11) is 1.75. The Morgan fingerprint density at radius 3 is 2.68 bits per heavy atom. The number of ether oxygens (including phenoxy) is 1. The quantitative estimate of drug-likeness (QED) is 0.715. The number of unbranched alkanes of at least 4 members (excludes halogenated alkanes) is 1. The first-order valence-corrected chi connectivity index (χ1v) is 7.54. The molecule has 0 aliphatic carbocycles. The Kier molecular flexibility index (Phi) is 7.22. The van der Waals surface area contributed by atoms with Crippen LogP contribution in [0.15, 0.2) is 18.2 Å². The van der Waals surface area contributed by atoms with Gasteiger partial charge in [-0.15, -0.1) is 0 Å². The summed E-state index contributed by atoms with van der Waals surface area (Å²) >= 11 is 0. The third kappa shape index (κ3) is 5.27. The summed E-state index contributed by atoms with van der Waals surface area (Å²) < 4.78 is 5.47. The van der Waals surface area contributed by atoms with E-state index in [1.165, 1.54) is 0 Å². The van der Waals surface area contributed by atoms with Gasteiger partial charge in [0.25, 0.3) is 11.8 Å². The van der Waals surface area contributed by atoms with Crippen LogP contribution in [0, 0.1) is 0 Å². The molecule has 0 atom stereocenters. The number of anilines is 1. The van der Waals surface area contributed by atoms with E-state index in [-0.39, 0.29) is 18.4 Å². The lowest BCUT2D eigenvalue weighted by molar-refractivity contribution is -0.132. The smallest absolute Gasteiger partial charge is 0.260 e. The molecular weight excluding hydrogens is 282 g/mol. The highest BCUT2D eigenvalue weighted by molar-refractivity contribution is 5.95. The molecule has 6 heteroatoms. The van der Waals surface area contributed by atoms with Gasteiger partial charge in [0.15, 0.2) is 6.61 Å². The number of benzene rings is 1. The van der Waals surface area contributed by atoms with E-state index >= 15 is 0 Å². The lowest BCUT2D eigenvalue weighted by Crippen LogP contribution is -2.32. The summed E-state index contributed by atoms with van der Waals surface area (Å²) in [6, 6.07) is 4.78. The number of amides is 2. The van der Waals surface area contributed by atoms with E-state index in [0.717, 1.165) is 12.8 Å². The van der Waals surface area contributed by atoms with E-state index in [2.05, 4.69) is 12.2 Å². The lowest BCUT2D eigenvalue weighted by atomic mass is 10.2. The van der Waals surface area contributed by atoms with Gasteiger partial charge < -0.3 is 20.7 Å². The van der Waals surface area contributed by atoms with E-state index in [1.807, 2.05) is 6.92 Å². The number of hydrogen-bond acceptors (Lipinski definition) is 4. The molecule has 22 heavy (non-hydrogen) atoms. The van der Waals surface area contributed by atoms with Crippen molar-refractivity contribution in [3.05, 3.63) is 23.8 Å². The molecule has 3 N–H and O–H groups in total. The fraction of sp³-hybridized carbons (Fsp3) is 0.500. The second kappa shape index (κ2) is 8.92. The second-order valence-electron chi connectivity index (χ2n) is 5.07. The van der Waals surface area contributed by atoms with Crippen LogP contribution in [0.2, 0.25) is 0 Å². The average molecular weight is 307 g/mol. The Morgan fingerprint density at radius 1 is 1.32 bits per heavy atom. The number of hydrogen-bond donors (Lipinski definition) is 2. The predicted octanol–water partition coefficient (Wildman–Crippen LogP) is 1.66. The van der Waals surface area contributed by atoms with Crippen molar-refractivity contribution in [2.75, 3.05) is 32.5 Å². The van der Waals surface area contributed by atoms with Crippen molar-refractivity contribution >= 4 is 17.5 Å². The predicted molar refractivity (Wildman–Crippen MR) is 86.9 cm³/mol. The summed E-state index contributed by atoms with van der Waals surface area (Å²) in [4.78, 5) is 25.4. The molecule has 0 bridgehead atoms. The zero-order chi connectivity index (χ0) is 16.5. The molecule has 0 fully saturated rings. The van der Waals surface area contributed by atoms with E-state index in [0.29, 0.717) is 30.1 Å². The third-order valence-corrected chi connectivity index (χ3v) is 3.24. The van der Waals surface area contributed by atoms with Crippen molar-refractivity contribution in [1.29, 1.82) is 0 Å². The first-order valence-electron chi connectivity index (χ1n) is 7.54. The number of likely N-dealkylation sites (N-methyl/N-ethyl adjacent to an activating group) is 1. The summed E-state index contributed by atoms with van der Waals surface area (Å²) in [5, 5.41) is 2.70. The fourth-order valence-electron chi connectivity index (χ4n) is 1.83. The number of nitrogen functional groups attached to an aromatic ring is 1. The molecule has 0 heterocycles. The maximum atomic E-state index is 11.9. The molecule has 0 aliphatic heterocycles. The second-order valence-corrected chi connectivity index (χ2v) is 5.07. The molecule has 1 rings (SSSR count). The molecule has 0 aromatic heterocycles. The molecule has 0 saturated heterocycles. The minimum Gasteiger partial charge on any atom is -0.482 e. The molecule has 0 aliphatic rings. The summed E-state index contributed by atoms with van der Waals surface area (Å²) in [6.07, 6.45) is 1.98. The molecule has 6 nitrogen and oxygen atoms in total. The van der Waals surface area contributed by atoms with Crippen LogP contribution in [0.25, 0.3) is 0 Å². The Morgan fingerprint density at radius 2 is 2.05 bits per heavy atom. The standard InChI is InChI=1S/C16H25N3O3/c1-4-6-9-19(3)15(20)11-22-14-10-12(7-8-13(14)17)16(21)18-5-2/h7-8,10H,4-6,9,11,17H2,1-3H3,(H,18,21). The van der Waals surface area contributed by atoms with E-state index in [1.54, 1.807) is 30.1 Å². The van der Waals surface area contributed by atoms with Crippen LogP contribution >= 0.6 is 0 Å². The highest BCUT2D eigenvalue weighted by Crippen LogP contribution is 2.22. The third-order valence-electron chi connectivity index (χ3n) is 3.24. The molecule has 1 aromatic rings. The molecule has 0 spiro atoms. The zero-order valence-electron chi connectivity index (χ0n) is 13.5. The highest BCUT2D eigenvalue weighted by Gasteiger charge is 2.12. The van der Waals surface area contributed by atoms with E-state index < -0.39 is 0 Å². The first-order chi connectivity index (χ1) is 10.5. The fourth-order valence-corrected chi connectivity index (χ4v) is 1.83. The van der Waals surface area contributed by atoms with Crippen LogP contribution in [-0.2, 0) is 4.79 Å². The van der Waals surface area contributed by atoms with Crippen LogP contribution in [0.5, 0.6) is 5.75 Å². The Bertz CT molecular complexity index is 517. The molecule has 122 valence electrons. The van der Waals surface area contributed by atoms with Gasteiger partial charge in [0.1, 0.15) is 5.75 Å². The number of carbonyl (C=O) groups excluding carboxylic acids is 2. The molecule has 0 unspecified atom stereocenters. The normalized spacial score (nSPS) is 10.1. The average Bonchev–Trinajstić information content (AvgIpc) is 2.51. The van der Waals surface area contributed by atoms with Gasteiger partial charge in [-0.2, -0.15) is 0 Å². The SMILES string of the molecule is CCCCN(C)C(=O)COc1cc(C(=O)NCC)ccc1N. The summed E-state index contributed by atoms with van der Waals surface area (Å²) in [5.74, 6) is 0.0380. The van der Waals surface area contributed by atoms with Gasteiger partial charge in [-0.3, -0.25) is 9.59 Å². The van der Waals surface area contributed by atoms with Crippen molar-refractivity contribution in [3.63, 3.8) is 0 Å². The van der Waals surface area contributed by atoms with Crippen LogP contribution in [-0.4, -0.2) is 43.5 Å². The van der Waals surface area contributed by atoms with Gasteiger partial charge in [-0.1, -0.05) is 13.3 Å². The van der Waals surface area contributed by atoms with E-state index in [9.17, 15) is 9.59 Å². The molecule has 2 amide bonds. The van der Waals surface area contributed by atoms with Crippen LogP contribution in [0.1, 0.15) is 37.0 Å². The monoisotopic (exact) mass is 307 g/mol. The van der Waals surface area contributed by atoms with E-state index in [4.69, 9.17) is 10.5 Å². The Labute approximate surface area is 131 Å².